The van der Waals surface area contributed by atoms with Crippen LogP contribution in [0.2, 0.25) is 5.02 Å². The van der Waals surface area contributed by atoms with Crippen molar-refractivity contribution in [2.45, 2.75) is 0 Å². The number of aromatic nitrogens is 1. The fourth-order valence-corrected chi connectivity index (χ4v) is 4.22. The average Bonchev–Trinajstić information content (AvgIpc) is 3.06. The number of fused-ring (bicyclic) bond motifs is 1. The van der Waals surface area contributed by atoms with E-state index in [9.17, 15) is 9.18 Å². The molecule has 2 aromatic carbocycles. The van der Waals surface area contributed by atoms with Gasteiger partial charge in [-0.05, 0) is 24.3 Å². The second-order valence-electron chi connectivity index (χ2n) is 5.84. The number of carbonyl (C=O) groups excluding carboxylic acids is 1. The van der Waals surface area contributed by atoms with Gasteiger partial charge >= 0.3 is 0 Å². The van der Waals surface area contributed by atoms with Crippen LogP contribution in [0.25, 0.3) is 10.2 Å². The lowest BCUT2D eigenvalue weighted by molar-refractivity contribution is 0.0742. The summed E-state index contributed by atoms with van der Waals surface area (Å²) in [4.78, 5) is 21.1. The van der Waals surface area contributed by atoms with Gasteiger partial charge in [-0.25, -0.2) is 9.37 Å². The Bertz CT molecular complexity index is 884. The zero-order valence-corrected chi connectivity index (χ0v) is 14.9. The van der Waals surface area contributed by atoms with Crippen molar-refractivity contribution in [1.82, 2.24) is 9.88 Å². The quantitative estimate of drug-likeness (QED) is 0.678. The Kier molecular flexibility index (Phi) is 4.31. The van der Waals surface area contributed by atoms with E-state index >= 15 is 0 Å². The standard InChI is InChI=1S/C18H15ClFN3OS/c19-12-4-3-5-13(20)16(12)17(24)22-8-10-23(11-9-22)18-21-14-6-1-2-7-15(14)25-18/h1-7H,8-11H2. The second kappa shape index (κ2) is 6.61. The average molecular weight is 376 g/mol. The molecule has 1 fully saturated rings. The lowest BCUT2D eigenvalue weighted by Crippen LogP contribution is -2.49. The lowest BCUT2D eigenvalue weighted by Gasteiger charge is -2.34. The molecule has 0 bridgehead atoms. The smallest absolute Gasteiger partial charge is 0.258 e. The summed E-state index contributed by atoms with van der Waals surface area (Å²) in [5, 5.41) is 1.11. The fraction of sp³-hybridized carbons (Fsp3) is 0.222. The Morgan fingerprint density at radius 1 is 1.08 bits per heavy atom. The van der Waals surface area contributed by atoms with Gasteiger partial charge in [0.2, 0.25) is 0 Å². The van der Waals surface area contributed by atoms with Gasteiger partial charge in [-0.2, -0.15) is 0 Å². The zero-order valence-electron chi connectivity index (χ0n) is 13.3. The van der Waals surface area contributed by atoms with Crippen molar-refractivity contribution in [1.29, 1.82) is 0 Å². The van der Waals surface area contributed by atoms with Crippen LogP contribution in [0.3, 0.4) is 0 Å². The highest BCUT2D eigenvalue weighted by molar-refractivity contribution is 7.22. The van der Waals surface area contributed by atoms with Crippen LogP contribution >= 0.6 is 22.9 Å². The molecule has 1 amide bonds. The van der Waals surface area contributed by atoms with E-state index in [2.05, 4.69) is 16.0 Å². The largest absolute Gasteiger partial charge is 0.345 e. The number of rotatable bonds is 2. The minimum absolute atomic E-state index is 0.0439. The van der Waals surface area contributed by atoms with Crippen LogP contribution in [-0.4, -0.2) is 42.0 Å². The molecule has 1 aliphatic heterocycles. The molecule has 4 rings (SSSR count). The topological polar surface area (TPSA) is 36.4 Å². The number of amides is 1. The van der Waals surface area contributed by atoms with E-state index < -0.39 is 5.82 Å². The van der Waals surface area contributed by atoms with E-state index in [-0.39, 0.29) is 16.5 Å². The molecular formula is C18H15ClFN3OS. The van der Waals surface area contributed by atoms with Crippen molar-refractivity contribution >= 4 is 44.2 Å². The molecular weight excluding hydrogens is 361 g/mol. The van der Waals surface area contributed by atoms with Gasteiger partial charge < -0.3 is 9.80 Å². The predicted molar refractivity (Wildman–Crippen MR) is 99.1 cm³/mol. The number of hydrogen-bond donors (Lipinski definition) is 0. The monoisotopic (exact) mass is 375 g/mol. The normalized spacial score (nSPS) is 15.0. The first-order chi connectivity index (χ1) is 12.1. The van der Waals surface area contributed by atoms with Crippen molar-refractivity contribution < 1.29 is 9.18 Å². The Balaban J connectivity index is 1.48. The number of benzene rings is 2. The predicted octanol–water partition coefficient (Wildman–Crippen LogP) is 4.05. The number of halogens is 2. The molecule has 0 aliphatic carbocycles. The van der Waals surface area contributed by atoms with E-state index in [1.807, 2.05) is 18.2 Å². The maximum atomic E-state index is 14.0. The molecule has 1 aliphatic rings. The summed E-state index contributed by atoms with van der Waals surface area (Å²) in [5.41, 5.74) is 0.941. The van der Waals surface area contributed by atoms with Crippen LogP contribution in [-0.2, 0) is 0 Å². The molecule has 3 aromatic rings. The van der Waals surface area contributed by atoms with Crippen molar-refractivity contribution in [3.8, 4) is 0 Å². The maximum Gasteiger partial charge on any atom is 0.258 e. The summed E-state index contributed by atoms with van der Waals surface area (Å²) in [6.45, 7) is 2.36. The van der Waals surface area contributed by atoms with Crippen LogP contribution in [0.15, 0.2) is 42.5 Å². The molecule has 0 spiro atoms. The Hall–Kier alpha value is -2.18. The molecule has 7 heteroatoms. The number of carbonyl (C=O) groups is 1. The van der Waals surface area contributed by atoms with Gasteiger partial charge in [0.15, 0.2) is 5.13 Å². The highest BCUT2D eigenvalue weighted by Gasteiger charge is 2.26. The lowest BCUT2D eigenvalue weighted by atomic mass is 10.1. The van der Waals surface area contributed by atoms with Crippen LogP contribution in [0.1, 0.15) is 10.4 Å². The summed E-state index contributed by atoms with van der Waals surface area (Å²) < 4.78 is 15.1. The van der Waals surface area contributed by atoms with Crippen molar-refractivity contribution in [2.75, 3.05) is 31.1 Å². The number of hydrogen-bond acceptors (Lipinski definition) is 4. The van der Waals surface area contributed by atoms with Gasteiger partial charge in [0.25, 0.3) is 5.91 Å². The molecule has 0 N–H and O–H groups in total. The van der Waals surface area contributed by atoms with Gasteiger partial charge in [-0.3, -0.25) is 4.79 Å². The summed E-state index contributed by atoms with van der Waals surface area (Å²) in [7, 11) is 0. The summed E-state index contributed by atoms with van der Waals surface area (Å²) in [5.74, 6) is -0.932. The van der Waals surface area contributed by atoms with Gasteiger partial charge in [0.05, 0.1) is 20.8 Å². The number of nitrogens with zero attached hydrogens (tertiary/aromatic N) is 3. The third-order valence-corrected chi connectivity index (χ3v) is 5.71. The number of para-hydroxylation sites is 1. The first-order valence-electron chi connectivity index (χ1n) is 7.97. The van der Waals surface area contributed by atoms with Crippen LogP contribution in [0.4, 0.5) is 9.52 Å². The molecule has 0 unspecified atom stereocenters. The Morgan fingerprint density at radius 2 is 1.84 bits per heavy atom. The van der Waals surface area contributed by atoms with E-state index in [4.69, 9.17) is 11.6 Å². The van der Waals surface area contributed by atoms with Crippen molar-refractivity contribution in [2.24, 2.45) is 0 Å². The molecule has 4 nitrogen and oxygen atoms in total. The van der Waals surface area contributed by atoms with E-state index in [0.29, 0.717) is 26.2 Å². The van der Waals surface area contributed by atoms with Crippen LogP contribution in [0, 0.1) is 5.82 Å². The van der Waals surface area contributed by atoms with Gasteiger partial charge in [0, 0.05) is 26.2 Å². The second-order valence-corrected chi connectivity index (χ2v) is 7.26. The fourth-order valence-electron chi connectivity index (χ4n) is 2.96. The Morgan fingerprint density at radius 3 is 2.56 bits per heavy atom. The molecule has 1 aromatic heterocycles. The minimum Gasteiger partial charge on any atom is -0.345 e. The molecule has 0 saturated carbocycles. The summed E-state index contributed by atoms with van der Waals surface area (Å²) in [6, 6.07) is 12.3. The highest BCUT2D eigenvalue weighted by atomic mass is 35.5. The van der Waals surface area contributed by atoms with Gasteiger partial charge in [0.1, 0.15) is 5.82 Å². The SMILES string of the molecule is O=C(c1c(F)cccc1Cl)N1CCN(c2nc3ccccc3s2)CC1. The number of anilines is 1. The molecule has 0 atom stereocenters. The third-order valence-electron chi connectivity index (χ3n) is 4.30. The van der Waals surface area contributed by atoms with Gasteiger partial charge in [-0.15, -0.1) is 0 Å². The van der Waals surface area contributed by atoms with E-state index in [1.54, 1.807) is 16.2 Å². The van der Waals surface area contributed by atoms with Crippen molar-refractivity contribution in [3.63, 3.8) is 0 Å². The maximum absolute atomic E-state index is 14.0. The minimum atomic E-state index is -0.578. The van der Waals surface area contributed by atoms with Crippen LogP contribution < -0.4 is 4.90 Å². The third kappa shape index (κ3) is 3.07. The number of thiazole rings is 1. The molecule has 25 heavy (non-hydrogen) atoms. The zero-order chi connectivity index (χ0) is 17.4. The first kappa shape index (κ1) is 16.3. The van der Waals surface area contributed by atoms with Crippen LogP contribution in [0.5, 0.6) is 0 Å². The highest BCUT2D eigenvalue weighted by Crippen LogP contribution is 2.29. The number of piperazine rings is 1. The first-order valence-corrected chi connectivity index (χ1v) is 9.17. The molecule has 1 saturated heterocycles. The Labute approximate surface area is 153 Å². The molecule has 128 valence electrons. The summed E-state index contributed by atoms with van der Waals surface area (Å²) in [6.07, 6.45) is 0. The van der Waals surface area contributed by atoms with E-state index in [1.165, 1.54) is 18.2 Å². The summed E-state index contributed by atoms with van der Waals surface area (Å²) >= 11 is 7.65. The van der Waals surface area contributed by atoms with Gasteiger partial charge in [-0.1, -0.05) is 41.1 Å². The van der Waals surface area contributed by atoms with Crippen molar-refractivity contribution in [3.05, 3.63) is 58.9 Å². The van der Waals surface area contributed by atoms with E-state index in [0.717, 1.165) is 15.3 Å². The molecule has 0 radical (unpaired) electrons. The molecule has 2 heterocycles.